The lowest BCUT2D eigenvalue weighted by atomic mass is 10.1. The molecule has 0 saturated carbocycles. The van der Waals surface area contributed by atoms with E-state index in [1.807, 2.05) is 0 Å². The highest BCUT2D eigenvalue weighted by atomic mass is 19.1. The zero-order chi connectivity index (χ0) is 15.1. The van der Waals surface area contributed by atoms with Crippen molar-refractivity contribution < 1.29 is 19.1 Å². The standard InChI is InChI=1S/C14H19FN2O3/c1-3-12(13(18)19)17-14(20)16-9(2)8-10-4-6-11(15)7-5-10/h4-7,9,12H,3,8H2,1-2H3,(H,18,19)(H2,16,17,20)/t9?,12-/m1/s1. The van der Waals surface area contributed by atoms with Gasteiger partial charge in [0.2, 0.25) is 0 Å². The van der Waals surface area contributed by atoms with Gasteiger partial charge in [0.15, 0.2) is 0 Å². The number of carboxylic acid groups (broad SMARTS) is 1. The van der Waals surface area contributed by atoms with E-state index in [2.05, 4.69) is 10.6 Å². The summed E-state index contributed by atoms with van der Waals surface area (Å²) in [5.41, 5.74) is 0.893. The number of amides is 2. The SMILES string of the molecule is CC[C@@H](NC(=O)NC(C)Cc1ccc(F)cc1)C(=O)O. The van der Waals surface area contributed by atoms with Crippen molar-refractivity contribution in [2.24, 2.45) is 0 Å². The van der Waals surface area contributed by atoms with Crippen molar-refractivity contribution in [1.29, 1.82) is 0 Å². The zero-order valence-electron chi connectivity index (χ0n) is 11.5. The van der Waals surface area contributed by atoms with Crippen LogP contribution in [0.25, 0.3) is 0 Å². The van der Waals surface area contributed by atoms with Crippen molar-refractivity contribution in [3.05, 3.63) is 35.6 Å². The summed E-state index contributed by atoms with van der Waals surface area (Å²) in [6, 6.07) is 4.42. The Kier molecular flexibility index (Phi) is 5.96. The van der Waals surface area contributed by atoms with E-state index in [1.54, 1.807) is 26.0 Å². The van der Waals surface area contributed by atoms with Crippen LogP contribution in [0.1, 0.15) is 25.8 Å². The largest absolute Gasteiger partial charge is 0.480 e. The molecule has 20 heavy (non-hydrogen) atoms. The molecule has 0 saturated heterocycles. The fraction of sp³-hybridized carbons (Fsp3) is 0.429. The van der Waals surface area contributed by atoms with Crippen LogP contribution < -0.4 is 10.6 Å². The molecule has 0 fully saturated rings. The van der Waals surface area contributed by atoms with Crippen molar-refractivity contribution in [3.8, 4) is 0 Å². The van der Waals surface area contributed by atoms with E-state index < -0.39 is 18.0 Å². The summed E-state index contributed by atoms with van der Waals surface area (Å²) < 4.78 is 12.8. The van der Waals surface area contributed by atoms with Crippen LogP contribution in [0.4, 0.5) is 9.18 Å². The van der Waals surface area contributed by atoms with Crippen LogP contribution in [0.5, 0.6) is 0 Å². The predicted octanol–water partition coefficient (Wildman–Crippen LogP) is 1.92. The van der Waals surface area contributed by atoms with Gasteiger partial charge in [0.05, 0.1) is 0 Å². The van der Waals surface area contributed by atoms with Gasteiger partial charge in [-0.25, -0.2) is 14.0 Å². The van der Waals surface area contributed by atoms with Crippen LogP contribution in [-0.2, 0) is 11.2 Å². The molecule has 6 heteroatoms. The summed E-state index contributed by atoms with van der Waals surface area (Å²) in [7, 11) is 0. The maximum absolute atomic E-state index is 12.8. The molecule has 0 aliphatic heterocycles. The number of urea groups is 1. The molecular formula is C14H19FN2O3. The Morgan fingerprint density at radius 1 is 1.25 bits per heavy atom. The Hall–Kier alpha value is -2.11. The fourth-order valence-electron chi connectivity index (χ4n) is 1.79. The van der Waals surface area contributed by atoms with Gasteiger partial charge in [0, 0.05) is 6.04 Å². The lowest BCUT2D eigenvalue weighted by molar-refractivity contribution is -0.139. The molecule has 0 radical (unpaired) electrons. The fourth-order valence-corrected chi connectivity index (χ4v) is 1.79. The van der Waals surface area contributed by atoms with Crippen molar-refractivity contribution in [2.45, 2.75) is 38.8 Å². The highest BCUT2D eigenvalue weighted by Gasteiger charge is 2.18. The molecule has 0 bridgehead atoms. The smallest absolute Gasteiger partial charge is 0.326 e. The van der Waals surface area contributed by atoms with Crippen LogP contribution in [0.3, 0.4) is 0 Å². The molecule has 1 unspecified atom stereocenters. The number of benzene rings is 1. The van der Waals surface area contributed by atoms with E-state index in [0.29, 0.717) is 12.8 Å². The predicted molar refractivity (Wildman–Crippen MR) is 72.9 cm³/mol. The summed E-state index contributed by atoms with van der Waals surface area (Å²) >= 11 is 0. The minimum Gasteiger partial charge on any atom is -0.480 e. The minimum absolute atomic E-state index is 0.188. The molecule has 0 spiro atoms. The Labute approximate surface area is 117 Å². The molecule has 110 valence electrons. The number of halogens is 1. The van der Waals surface area contributed by atoms with E-state index in [1.165, 1.54) is 12.1 Å². The van der Waals surface area contributed by atoms with Gasteiger partial charge >= 0.3 is 12.0 Å². The lowest BCUT2D eigenvalue weighted by Gasteiger charge is -2.17. The number of hydrogen-bond acceptors (Lipinski definition) is 2. The number of carbonyl (C=O) groups is 2. The summed E-state index contributed by atoms with van der Waals surface area (Å²) in [5, 5.41) is 13.9. The molecule has 3 N–H and O–H groups in total. The third-order valence-corrected chi connectivity index (χ3v) is 2.84. The van der Waals surface area contributed by atoms with Gasteiger partial charge < -0.3 is 15.7 Å². The van der Waals surface area contributed by atoms with Gasteiger partial charge in [-0.2, -0.15) is 0 Å². The second kappa shape index (κ2) is 7.47. The van der Waals surface area contributed by atoms with Crippen molar-refractivity contribution in [2.75, 3.05) is 0 Å². The lowest BCUT2D eigenvalue weighted by Crippen LogP contribution is -2.48. The van der Waals surface area contributed by atoms with Crippen molar-refractivity contribution in [1.82, 2.24) is 10.6 Å². The first kappa shape index (κ1) is 15.9. The summed E-state index contributed by atoms with van der Waals surface area (Å²) in [6.45, 7) is 3.48. The maximum Gasteiger partial charge on any atom is 0.326 e. The Balaban J connectivity index is 2.45. The number of aliphatic carboxylic acids is 1. The van der Waals surface area contributed by atoms with Crippen LogP contribution in [0.2, 0.25) is 0 Å². The van der Waals surface area contributed by atoms with Gasteiger partial charge in [-0.3, -0.25) is 0 Å². The zero-order valence-corrected chi connectivity index (χ0v) is 11.5. The van der Waals surface area contributed by atoms with E-state index in [4.69, 9.17) is 5.11 Å². The van der Waals surface area contributed by atoms with E-state index in [-0.39, 0.29) is 11.9 Å². The maximum atomic E-state index is 12.8. The quantitative estimate of drug-likeness (QED) is 0.746. The molecule has 2 atom stereocenters. The molecule has 0 heterocycles. The molecule has 1 rings (SSSR count). The number of rotatable bonds is 6. The van der Waals surface area contributed by atoms with E-state index in [0.717, 1.165) is 5.56 Å². The molecule has 0 aliphatic rings. The first-order valence-electron chi connectivity index (χ1n) is 6.46. The number of nitrogens with one attached hydrogen (secondary N) is 2. The number of carboxylic acids is 1. The molecule has 2 amide bonds. The second-order valence-corrected chi connectivity index (χ2v) is 4.65. The van der Waals surface area contributed by atoms with Crippen LogP contribution >= 0.6 is 0 Å². The third kappa shape index (κ3) is 5.26. The molecule has 5 nitrogen and oxygen atoms in total. The van der Waals surface area contributed by atoms with Crippen LogP contribution in [-0.4, -0.2) is 29.2 Å². The second-order valence-electron chi connectivity index (χ2n) is 4.65. The van der Waals surface area contributed by atoms with Gasteiger partial charge in [-0.05, 0) is 37.5 Å². The first-order valence-corrected chi connectivity index (χ1v) is 6.46. The summed E-state index contributed by atoms with van der Waals surface area (Å²) in [5.74, 6) is -1.37. The Morgan fingerprint density at radius 2 is 1.85 bits per heavy atom. The van der Waals surface area contributed by atoms with Crippen molar-refractivity contribution in [3.63, 3.8) is 0 Å². The number of carbonyl (C=O) groups excluding carboxylic acids is 1. The van der Waals surface area contributed by atoms with Gasteiger partial charge in [0.25, 0.3) is 0 Å². The summed E-state index contributed by atoms with van der Waals surface area (Å²) in [4.78, 5) is 22.4. The van der Waals surface area contributed by atoms with E-state index >= 15 is 0 Å². The van der Waals surface area contributed by atoms with Gasteiger partial charge in [-0.1, -0.05) is 19.1 Å². The summed E-state index contributed by atoms with van der Waals surface area (Å²) in [6.07, 6.45) is 0.854. The average molecular weight is 282 g/mol. The normalized spacial score (nSPS) is 13.3. The number of hydrogen-bond donors (Lipinski definition) is 3. The van der Waals surface area contributed by atoms with Gasteiger partial charge in [-0.15, -0.1) is 0 Å². The molecule has 0 aliphatic carbocycles. The Morgan fingerprint density at radius 3 is 2.35 bits per heavy atom. The molecule has 1 aromatic carbocycles. The molecule has 0 aromatic heterocycles. The van der Waals surface area contributed by atoms with E-state index in [9.17, 15) is 14.0 Å². The monoisotopic (exact) mass is 282 g/mol. The van der Waals surface area contributed by atoms with Crippen LogP contribution in [0.15, 0.2) is 24.3 Å². The van der Waals surface area contributed by atoms with Crippen LogP contribution in [0, 0.1) is 5.82 Å². The minimum atomic E-state index is -1.06. The average Bonchev–Trinajstić information content (AvgIpc) is 2.38. The van der Waals surface area contributed by atoms with Crippen molar-refractivity contribution >= 4 is 12.0 Å². The third-order valence-electron chi connectivity index (χ3n) is 2.84. The molecular weight excluding hydrogens is 263 g/mol. The highest BCUT2D eigenvalue weighted by molar-refractivity contribution is 5.82. The first-order chi connectivity index (χ1) is 9.42. The Bertz CT molecular complexity index is 462. The topological polar surface area (TPSA) is 78.4 Å². The molecule has 1 aromatic rings. The van der Waals surface area contributed by atoms with Gasteiger partial charge in [0.1, 0.15) is 11.9 Å². The highest BCUT2D eigenvalue weighted by Crippen LogP contribution is 2.05.